The summed E-state index contributed by atoms with van der Waals surface area (Å²) >= 11 is 0. The number of hydrogen-bond donors (Lipinski definition) is 1. The molecule has 0 spiro atoms. The summed E-state index contributed by atoms with van der Waals surface area (Å²) in [7, 11) is 3.12. The predicted octanol–water partition coefficient (Wildman–Crippen LogP) is 3.81. The van der Waals surface area contributed by atoms with Gasteiger partial charge in [0.05, 0.1) is 14.2 Å². The number of hydrogen-bond acceptors (Lipinski definition) is 4. The lowest BCUT2D eigenvalue weighted by atomic mass is 10.0. The Labute approximate surface area is 166 Å². The van der Waals surface area contributed by atoms with Crippen molar-refractivity contribution in [3.63, 3.8) is 0 Å². The highest BCUT2D eigenvalue weighted by Gasteiger charge is 2.16. The minimum atomic E-state index is -0.243. The molecule has 1 N–H and O–H groups in total. The molecule has 2 rings (SSSR count). The Hall–Kier alpha value is -3.02. The Morgan fingerprint density at radius 2 is 1.64 bits per heavy atom. The van der Waals surface area contributed by atoms with Crippen LogP contribution >= 0.6 is 0 Å². The Morgan fingerprint density at radius 1 is 1.00 bits per heavy atom. The van der Waals surface area contributed by atoms with Crippen molar-refractivity contribution in [1.82, 2.24) is 4.90 Å². The minimum absolute atomic E-state index is 0.0321. The van der Waals surface area contributed by atoms with E-state index in [9.17, 15) is 9.59 Å². The Balaban J connectivity index is 2.04. The summed E-state index contributed by atoms with van der Waals surface area (Å²) in [5.74, 6) is 1.20. The van der Waals surface area contributed by atoms with Gasteiger partial charge in [-0.3, -0.25) is 9.59 Å². The fourth-order valence-electron chi connectivity index (χ4n) is 2.80. The molecule has 0 atom stereocenters. The van der Waals surface area contributed by atoms with Crippen molar-refractivity contribution in [3.05, 3.63) is 53.6 Å². The van der Waals surface area contributed by atoms with Gasteiger partial charge in [0.1, 0.15) is 6.54 Å². The Morgan fingerprint density at radius 3 is 2.18 bits per heavy atom. The Kier molecular flexibility index (Phi) is 7.44. The number of nitrogens with one attached hydrogen (secondary N) is 1. The van der Waals surface area contributed by atoms with E-state index in [0.29, 0.717) is 29.6 Å². The zero-order valence-corrected chi connectivity index (χ0v) is 17.1. The van der Waals surface area contributed by atoms with E-state index in [4.69, 9.17) is 9.47 Å². The minimum Gasteiger partial charge on any atom is -0.493 e. The maximum Gasteiger partial charge on any atom is 0.244 e. The monoisotopic (exact) mass is 384 g/mol. The normalized spacial score (nSPS) is 10.5. The third-order valence-corrected chi connectivity index (χ3v) is 4.46. The largest absolute Gasteiger partial charge is 0.493 e. The van der Waals surface area contributed by atoms with Crippen LogP contribution in [0.3, 0.4) is 0 Å². The second-order valence-corrected chi connectivity index (χ2v) is 6.89. The number of rotatable bonds is 8. The first-order valence-corrected chi connectivity index (χ1v) is 9.20. The fraction of sp³-hybridized carbons (Fsp3) is 0.364. The predicted molar refractivity (Wildman–Crippen MR) is 110 cm³/mol. The van der Waals surface area contributed by atoms with Crippen LogP contribution in [0.5, 0.6) is 11.5 Å². The van der Waals surface area contributed by atoms with Crippen LogP contribution in [-0.2, 0) is 16.1 Å². The number of benzene rings is 2. The standard InChI is InChI=1S/C22H28N2O4/c1-15(2)18-7-9-19(10-8-18)23-22(26)14-24(16(3)25)13-17-6-11-20(27-4)21(12-17)28-5/h6-12,15H,13-14H2,1-5H3,(H,23,26). The van der Waals surface area contributed by atoms with Crippen molar-refractivity contribution in [1.29, 1.82) is 0 Å². The first-order valence-electron chi connectivity index (χ1n) is 9.20. The number of carbonyl (C=O) groups excluding carboxylic acids is 2. The molecule has 0 fully saturated rings. The molecular weight excluding hydrogens is 356 g/mol. The summed E-state index contributed by atoms with van der Waals surface area (Å²) in [6.07, 6.45) is 0. The number of amides is 2. The lowest BCUT2D eigenvalue weighted by molar-refractivity contribution is -0.133. The van der Waals surface area contributed by atoms with Crippen LogP contribution in [0, 0.1) is 0 Å². The van der Waals surface area contributed by atoms with Crippen molar-refractivity contribution in [2.24, 2.45) is 0 Å². The number of nitrogens with zero attached hydrogens (tertiary/aromatic N) is 1. The van der Waals surface area contributed by atoms with E-state index in [-0.39, 0.29) is 18.4 Å². The topological polar surface area (TPSA) is 67.9 Å². The van der Waals surface area contributed by atoms with Crippen LogP contribution in [0.1, 0.15) is 37.8 Å². The molecule has 150 valence electrons. The van der Waals surface area contributed by atoms with E-state index in [1.165, 1.54) is 17.4 Å². The summed E-state index contributed by atoms with van der Waals surface area (Å²) in [5.41, 5.74) is 2.77. The molecule has 2 aromatic carbocycles. The van der Waals surface area contributed by atoms with E-state index in [0.717, 1.165) is 5.56 Å². The van der Waals surface area contributed by atoms with Crippen LogP contribution in [0.15, 0.2) is 42.5 Å². The summed E-state index contributed by atoms with van der Waals surface area (Å²) in [6, 6.07) is 13.2. The molecule has 28 heavy (non-hydrogen) atoms. The molecule has 0 saturated heterocycles. The van der Waals surface area contributed by atoms with Crippen LogP contribution in [-0.4, -0.2) is 37.5 Å². The third kappa shape index (κ3) is 5.74. The van der Waals surface area contributed by atoms with Gasteiger partial charge in [-0.25, -0.2) is 0 Å². The van der Waals surface area contributed by atoms with Gasteiger partial charge in [-0.05, 0) is 41.3 Å². The summed E-state index contributed by atoms with van der Waals surface area (Å²) in [5, 5.41) is 2.84. The quantitative estimate of drug-likeness (QED) is 0.751. The molecule has 0 unspecified atom stereocenters. The van der Waals surface area contributed by atoms with E-state index in [1.807, 2.05) is 30.3 Å². The van der Waals surface area contributed by atoms with Gasteiger partial charge in [-0.2, -0.15) is 0 Å². The first-order chi connectivity index (χ1) is 13.3. The van der Waals surface area contributed by atoms with Crippen LogP contribution < -0.4 is 14.8 Å². The second kappa shape index (κ2) is 9.78. The molecule has 6 nitrogen and oxygen atoms in total. The van der Waals surface area contributed by atoms with Crippen LogP contribution in [0.4, 0.5) is 5.69 Å². The van der Waals surface area contributed by atoms with Crippen molar-refractivity contribution < 1.29 is 19.1 Å². The van der Waals surface area contributed by atoms with Gasteiger partial charge in [0.15, 0.2) is 11.5 Å². The highest BCUT2D eigenvalue weighted by atomic mass is 16.5. The average Bonchev–Trinajstić information content (AvgIpc) is 2.67. The molecule has 0 heterocycles. The maximum absolute atomic E-state index is 12.4. The smallest absolute Gasteiger partial charge is 0.244 e. The maximum atomic E-state index is 12.4. The van der Waals surface area contributed by atoms with Gasteiger partial charge in [-0.15, -0.1) is 0 Å². The third-order valence-electron chi connectivity index (χ3n) is 4.46. The van der Waals surface area contributed by atoms with Crippen molar-refractivity contribution in [3.8, 4) is 11.5 Å². The van der Waals surface area contributed by atoms with E-state index < -0.39 is 0 Å². The number of methoxy groups -OCH3 is 2. The molecule has 0 aromatic heterocycles. The molecule has 0 aliphatic rings. The molecule has 0 aliphatic heterocycles. The van der Waals surface area contributed by atoms with Crippen molar-refractivity contribution in [2.45, 2.75) is 33.2 Å². The fourth-order valence-corrected chi connectivity index (χ4v) is 2.80. The van der Waals surface area contributed by atoms with E-state index in [2.05, 4.69) is 19.2 Å². The lowest BCUT2D eigenvalue weighted by Crippen LogP contribution is -2.36. The summed E-state index contributed by atoms with van der Waals surface area (Å²) < 4.78 is 10.5. The molecule has 2 aromatic rings. The van der Waals surface area contributed by atoms with Crippen LogP contribution in [0.2, 0.25) is 0 Å². The van der Waals surface area contributed by atoms with Crippen LogP contribution in [0.25, 0.3) is 0 Å². The first kappa shape index (κ1) is 21.3. The summed E-state index contributed by atoms with van der Waals surface area (Å²) in [4.78, 5) is 25.9. The zero-order chi connectivity index (χ0) is 20.7. The van der Waals surface area contributed by atoms with Gasteiger partial charge >= 0.3 is 0 Å². The van der Waals surface area contributed by atoms with Crippen molar-refractivity contribution in [2.75, 3.05) is 26.1 Å². The van der Waals surface area contributed by atoms with E-state index in [1.54, 1.807) is 26.4 Å². The molecular formula is C22H28N2O4. The van der Waals surface area contributed by atoms with Crippen molar-refractivity contribution >= 4 is 17.5 Å². The zero-order valence-electron chi connectivity index (χ0n) is 17.1. The lowest BCUT2D eigenvalue weighted by Gasteiger charge is -2.21. The Bertz CT molecular complexity index is 816. The molecule has 0 bridgehead atoms. The van der Waals surface area contributed by atoms with Gasteiger partial charge in [0.2, 0.25) is 11.8 Å². The highest BCUT2D eigenvalue weighted by Crippen LogP contribution is 2.28. The van der Waals surface area contributed by atoms with Gasteiger partial charge in [0, 0.05) is 19.2 Å². The SMILES string of the molecule is COc1ccc(CN(CC(=O)Nc2ccc(C(C)C)cc2)C(C)=O)cc1OC. The molecule has 6 heteroatoms. The number of carbonyl (C=O) groups is 2. The molecule has 2 amide bonds. The second-order valence-electron chi connectivity index (χ2n) is 6.89. The number of anilines is 1. The van der Waals surface area contributed by atoms with Gasteiger partial charge < -0.3 is 19.7 Å². The average molecular weight is 384 g/mol. The number of ether oxygens (including phenoxy) is 2. The molecule has 0 saturated carbocycles. The van der Waals surface area contributed by atoms with Gasteiger partial charge in [0.25, 0.3) is 0 Å². The highest BCUT2D eigenvalue weighted by molar-refractivity contribution is 5.94. The molecule has 0 aliphatic carbocycles. The molecule has 0 radical (unpaired) electrons. The summed E-state index contributed by atoms with van der Waals surface area (Å²) in [6.45, 7) is 5.95. The van der Waals surface area contributed by atoms with E-state index >= 15 is 0 Å². The van der Waals surface area contributed by atoms with Gasteiger partial charge in [-0.1, -0.05) is 32.0 Å².